The minimum atomic E-state index is -1.30. The molecule has 0 fully saturated rings. The molecular formula is C28H22N2O4S2-2. The summed E-state index contributed by atoms with van der Waals surface area (Å²) < 4.78 is 0. The van der Waals surface area contributed by atoms with Crippen LogP contribution in [0.1, 0.15) is 11.1 Å². The number of para-hydroxylation sites is 2. The Hall–Kier alpha value is -3.88. The Morgan fingerprint density at radius 1 is 0.528 bits per heavy atom. The monoisotopic (exact) mass is 514 g/mol. The predicted molar refractivity (Wildman–Crippen MR) is 141 cm³/mol. The van der Waals surface area contributed by atoms with Crippen molar-refractivity contribution >= 4 is 45.1 Å². The molecular weight excluding hydrogens is 492 g/mol. The van der Waals surface area contributed by atoms with Crippen molar-refractivity contribution in [2.45, 2.75) is 22.9 Å². The fourth-order valence-corrected chi connectivity index (χ4v) is 5.98. The summed E-state index contributed by atoms with van der Waals surface area (Å²) >= 11 is 0. The zero-order valence-electron chi connectivity index (χ0n) is 19.2. The van der Waals surface area contributed by atoms with E-state index >= 15 is 0 Å². The Morgan fingerprint density at radius 3 is 1.22 bits per heavy atom. The molecule has 4 aromatic carbocycles. The summed E-state index contributed by atoms with van der Waals surface area (Å²) in [5, 5.41) is 24.1. The number of carbonyl (C=O) groups is 2. The van der Waals surface area contributed by atoms with Crippen LogP contribution >= 0.6 is 21.6 Å². The molecule has 4 aromatic rings. The van der Waals surface area contributed by atoms with Crippen LogP contribution in [0.4, 0.5) is 21.0 Å². The second-order valence-corrected chi connectivity index (χ2v) is 9.99. The van der Waals surface area contributed by atoms with Crippen molar-refractivity contribution in [1.29, 1.82) is 0 Å². The molecule has 0 aliphatic heterocycles. The van der Waals surface area contributed by atoms with Gasteiger partial charge in [-0.05, 0) is 35.4 Å². The molecule has 0 heterocycles. The van der Waals surface area contributed by atoms with Crippen LogP contribution in [0.5, 0.6) is 0 Å². The number of nitrogens with zero attached hydrogens (tertiary/aromatic N) is 2. The van der Waals surface area contributed by atoms with Gasteiger partial charge in [-0.2, -0.15) is 0 Å². The molecule has 0 radical (unpaired) electrons. The highest BCUT2D eigenvalue weighted by atomic mass is 33.1. The van der Waals surface area contributed by atoms with Crippen LogP contribution < -0.4 is 20.0 Å². The second-order valence-electron chi connectivity index (χ2n) is 7.78. The van der Waals surface area contributed by atoms with Gasteiger partial charge in [0.05, 0.1) is 11.4 Å². The molecule has 0 saturated heterocycles. The lowest BCUT2D eigenvalue weighted by Crippen LogP contribution is -2.41. The fraction of sp³-hybridized carbons (Fsp3) is 0.0714. The molecule has 36 heavy (non-hydrogen) atoms. The molecule has 0 atom stereocenters. The zero-order chi connectivity index (χ0) is 25.3. The van der Waals surface area contributed by atoms with Gasteiger partial charge in [-0.1, -0.05) is 107 Å². The Morgan fingerprint density at radius 2 is 0.861 bits per heavy atom. The molecule has 0 unspecified atom stereocenters. The molecule has 8 heteroatoms. The molecule has 0 N–H and O–H groups in total. The predicted octanol–water partition coefficient (Wildman–Crippen LogP) is 5.19. The summed E-state index contributed by atoms with van der Waals surface area (Å²) in [5.74, 6) is 0. The lowest BCUT2D eigenvalue weighted by molar-refractivity contribution is -0.247. The molecule has 2 amide bonds. The number of amides is 2. The molecule has 0 aromatic heterocycles. The normalized spacial score (nSPS) is 10.6. The topological polar surface area (TPSA) is 86.7 Å². The lowest BCUT2D eigenvalue weighted by Gasteiger charge is -2.28. The van der Waals surface area contributed by atoms with E-state index < -0.39 is 12.2 Å². The van der Waals surface area contributed by atoms with E-state index in [0.717, 1.165) is 11.1 Å². The quantitative estimate of drug-likeness (QED) is 0.286. The van der Waals surface area contributed by atoms with Crippen molar-refractivity contribution in [3.8, 4) is 0 Å². The van der Waals surface area contributed by atoms with Gasteiger partial charge in [0, 0.05) is 22.9 Å². The Bertz CT molecular complexity index is 1220. The summed E-state index contributed by atoms with van der Waals surface area (Å²) in [7, 11) is 2.70. The molecule has 0 bridgehead atoms. The van der Waals surface area contributed by atoms with E-state index in [1.165, 1.54) is 31.4 Å². The van der Waals surface area contributed by atoms with E-state index in [9.17, 15) is 19.8 Å². The van der Waals surface area contributed by atoms with Crippen LogP contribution in [0, 0.1) is 0 Å². The highest BCUT2D eigenvalue weighted by molar-refractivity contribution is 8.76. The van der Waals surface area contributed by atoms with E-state index in [-0.39, 0.29) is 13.1 Å². The van der Waals surface area contributed by atoms with Crippen LogP contribution in [0.15, 0.2) is 119 Å². The average Bonchev–Trinajstić information content (AvgIpc) is 2.90. The Labute approximate surface area is 217 Å². The maximum absolute atomic E-state index is 12.0. The molecule has 6 nitrogen and oxygen atoms in total. The summed E-state index contributed by atoms with van der Waals surface area (Å²) in [6, 6.07) is 32.9. The number of anilines is 2. The van der Waals surface area contributed by atoms with Gasteiger partial charge in [0.2, 0.25) is 0 Å². The van der Waals surface area contributed by atoms with Crippen molar-refractivity contribution in [3.63, 3.8) is 0 Å². The van der Waals surface area contributed by atoms with E-state index in [1.54, 1.807) is 24.3 Å². The van der Waals surface area contributed by atoms with Crippen molar-refractivity contribution in [2.24, 2.45) is 0 Å². The average molecular weight is 515 g/mol. The first-order valence-corrected chi connectivity index (χ1v) is 13.3. The van der Waals surface area contributed by atoms with Gasteiger partial charge in [-0.15, -0.1) is 0 Å². The van der Waals surface area contributed by atoms with E-state index in [4.69, 9.17) is 0 Å². The minimum absolute atomic E-state index is 0.150. The third kappa shape index (κ3) is 6.41. The molecule has 0 aliphatic rings. The molecule has 0 saturated carbocycles. The van der Waals surface area contributed by atoms with Crippen molar-refractivity contribution in [3.05, 3.63) is 120 Å². The molecule has 0 spiro atoms. The molecule has 0 aliphatic carbocycles. The van der Waals surface area contributed by atoms with Gasteiger partial charge < -0.3 is 29.6 Å². The zero-order valence-corrected chi connectivity index (χ0v) is 20.8. The highest BCUT2D eigenvalue weighted by Crippen LogP contribution is 2.45. The number of carbonyl (C=O) groups excluding carboxylic acids is 2. The first-order valence-electron chi connectivity index (χ1n) is 11.1. The number of hydrogen-bond donors (Lipinski definition) is 0. The van der Waals surface area contributed by atoms with Crippen LogP contribution in [0.25, 0.3) is 0 Å². The maximum Gasteiger partial charge on any atom is 0.141 e. The largest absolute Gasteiger partial charge is 0.530 e. The van der Waals surface area contributed by atoms with Gasteiger partial charge >= 0.3 is 0 Å². The van der Waals surface area contributed by atoms with Crippen LogP contribution in [0.2, 0.25) is 0 Å². The fourth-order valence-electron chi connectivity index (χ4n) is 3.62. The van der Waals surface area contributed by atoms with Gasteiger partial charge in [-0.25, -0.2) is 0 Å². The van der Waals surface area contributed by atoms with Crippen molar-refractivity contribution < 1.29 is 19.8 Å². The van der Waals surface area contributed by atoms with E-state index in [0.29, 0.717) is 21.2 Å². The maximum atomic E-state index is 12.0. The first kappa shape index (κ1) is 25.2. The summed E-state index contributed by atoms with van der Waals surface area (Å²) in [6.07, 6.45) is -2.61. The SMILES string of the molecule is O=C([O-])N(Cc1ccccc1)c1ccccc1SSc1ccccc1N(Cc1ccccc1)C(=O)[O-]. The minimum Gasteiger partial charge on any atom is -0.530 e. The molecule has 182 valence electrons. The number of hydrogen-bond acceptors (Lipinski definition) is 6. The lowest BCUT2D eigenvalue weighted by atomic mass is 10.2. The Balaban J connectivity index is 1.58. The third-order valence-corrected chi connectivity index (χ3v) is 7.80. The highest BCUT2D eigenvalue weighted by Gasteiger charge is 2.17. The standard InChI is InChI=1S/C28H24N2O4S2/c31-27(32)29(19-21-11-3-1-4-12-21)23-15-7-9-17-25(23)35-36-26-18-10-8-16-24(26)30(28(33)34)20-22-13-5-2-6-14-22/h1-18H,19-20H2,(H,31,32)(H,33,34)/p-2. The number of carboxylic acid groups (broad SMARTS) is 2. The smallest absolute Gasteiger partial charge is 0.141 e. The van der Waals surface area contributed by atoms with Crippen LogP contribution in [-0.4, -0.2) is 12.2 Å². The van der Waals surface area contributed by atoms with E-state index in [1.807, 2.05) is 84.9 Å². The molecule has 4 rings (SSSR count). The van der Waals surface area contributed by atoms with Crippen LogP contribution in [0.3, 0.4) is 0 Å². The van der Waals surface area contributed by atoms with Crippen LogP contribution in [-0.2, 0) is 13.1 Å². The van der Waals surface area contributed by atoms with Crippen molar-refractivity contribution in [2.75, 3.05) is 9.80 Å². The van der Waals surface area contributed by atoms with E-state index in [2.05, 4.69) is 0 Å². The first-order chi connectivity index (χ1) is 17.5. The van der Waals surface area contributed by atoms with Gasteiger partial charge in [0.15, 0.2) is 0 Å². The number of rotatable bonds is 9. The summed E-state index contributed by atoms with van der Waals surface area (Å²) in [5.41, 5.74) is 2.67. The Kier molecular flexibility index (Phi) is 8.54. The van der Waals surface area contributed by atoms with Gasteiger partial charge in [-0.3, -0.25) is 0 Å². The summed E-state index contributed by atoms with van der Waals surface area (Å²) in [6.45, 7) is 0.301. The van der Waals surface area contributed by atoms with Crippen molar-refractivity contribution in [1.82, 2.24) is 0 Å². The summed E-state index contributed by atoms with van der Waals surface area (Å²) in [4.78, 5) is 27.9. The van der Waals surface area contributed by atoms with Gasteiger partial charge in [0.25, 0.3) is 0 Å². The number of benzene rings is 4. The second kappa shape index (κ2) is 12.2. The third-order valence-electron chi connectivity index (χ3n) is 5.34. The van der Waals surface area contributed by atoms with Gasteiger partial charge in [0.1, 0.15) is 12.2 Å².